The van der Waals surface area contributed by atoms with E-state index >= 15 is 0 Å². The first-order chi connectivity index (χ1) is 8.58. The minimum atomic E-state index is 0.140. The Morgan fingerprint density at radius 3 is 2.72 bits per heavy atom. The van der Waals surface area contributed by atoms with Gasteiger partial charge in [0.15, 0.2) is 0 Å². The highest BCUT2D eigenvalue weighted by atomic mass is 35.5. The summed E-state index contributed by atoms with van der Waals surface area (Å²) < 4.78 is 0. The molecule has 98 valence electrons. The summed E-state index contributed by atoms with van der Waals surface area (Å²) in [7, 11) is 0. The zero-order chi connectivity index (χ0) is 13.1. The van der Waals surface area contributed by atoms with Crippen molar-refractivity contribution in [1.29, 1.82) is 0 Å². The molecule has 0 unspecified atom stereocenters. The summed E-state index contributed by atoms with van der Waals surface area (Å²) in [6, 6.07) is 5.56. The Labute approximate surface area is 112 Å². The van der Waals surface area contributed by atoms with Gasteiger partial charge in [0.2, 0.25) is 5.91 Å². The van der Waals surface area contributed by atoms with Crippen molar-refractivity contribution in [1.82, 2.24) is 4.90 Å². The van der Waals surface area contributed by atoms with E-state index < -0.39 is 0 Å². The normalized spacial score (nSPS) is 16.6. The van der Waals surface area contributed by atoms with Crippen molar-refractivity contribution >= 4 is 28.9 Å². The average Bonchev–Trinajstić information content (AvgIpc) is 2.54. The molecular weight excluding hydrogens is 250 g/mol. The summed E-state index contributed by atoms with van der Waals surface area (Å²) in [6.45, 7) is 4.91. The second-order valence-corrected chi connectivity index (χ2v) is 4.99. The van der Waals surface area contributed by atoms with E-state index in [2.05, 4.69) is 4.90 Å². The third kappa shape index (κ3) is 2.88. The van der Waals surface area contributed by atoms with Crippen molar-refractivity contribution in [2.24, 2.45) is 0 Å². The van der Waals surface area contributed by atoms with Gasteiger partial charge in [-0.3, -0.25) is 4.79 Å². The first-order valence-electron chi connectivity index (χ1n) is 6.13. The van der Waals surface area contributed by atoms with Crippen LogP contribution in [0.15, 0.2) is 18.2 Å². The molecule has 1 aliphatic heterocycles. The summed E-state index contributed by atoms with van der Waals surface area (Å²) in [5, 5.41) is 0.649. The highest BCUT2D eigenvalue weighted by molar-refractivity contribution is 6.31. The quantitative estimate of drug-likeness (QED) is 0.792. The summed E-state index contributed by atoms with van der Waals surface area (Å²) in [5.74, 6) is 0.140. The molecule has 0 aliphatic carbocycles. The van der Waals surface area contributed by atoms with Crippen molar-refractivity contribution in [2.75, 3.05) is 36.8 Å². The fraction of sp³-hybridized carbons (Fsp3) is 0.462. The Morgan fingerprint density at radius 1 is 1.28 bits per heavy atom. The molecule has 0 radical (unpaired) electrons. The molecule has 0 bridgehead atoms. The van der Waals surface area contributed by atoms with E-state index in [1.807, 2.05) is 17.0 Å². The maximum Gasteiger partial charge on any atom is 0.219 e. The Kier molecular flexibility index (Phi) is 3.97. The van der Waals surface area contributed by atoms with Crippen LogP contribution in [0.5, 0.6) is 0 Å². The second-order valence-electron chi connectivity index (χ2n) is 4.55. The Bertz CT molecular complexity index is 450. The van der Waals surface area contributed by atoms with Gasteiger partial charge in [0, 0.05) is 38.1 Å². The lowest BCUT2D eigenvalue weighted by atomic mass is 10.2. The summed E-state index contributed by atoms with van der Waals surface area (Å²) in [5.41, 5.74) is 7.69. The van der Waals surface area contributed by atoms with Crippen LogP contribution in [0.2, 0.25) is 5.02 Å². The van der Waals surface area contributed by atoms with Gasteiger partial charge in [-0.2, -0.15) is 0 Å². The van der Waals surface area contributed by atoms with Crippen molar-refractivity contribution in [2.45, 2.75) is 13.3 Å². The minimum Gasteiger partial charge on any atom is -0.397 e. The van der Waals surface area contributed by atoms with Crippen molar-refractivity contribution in [3.05, 3.63) is 23.2 Å². The number of nitrogen functional groups attached to an aromatic ring is 1. The van der Waals surface area contributed by atoms with E-state index in [0.717, 1.165) is 38.3 Å². The molecule has 0 aromatic heterocycles. The number of carbonyl (C=O) groups excluding carboxylic acids is 1. The van der Waals surface area contributed by atoms with Gasteiger partial charge in [-0.1, -0.05) is 11.6 Å². The van der Waals surface area contributed by atoms with Gasteiger partial charge >= 0.3 is 0 Å². The third-order valence-electron chi connectivity index (χ3n) is 3.27. The van der Waals surface area contributed by atoms with Crippen LogP contribution in [0.1, 0.15) is 13.3 Å². The van der Waals surface area contributed by atoms with E-state index in [0.29, 0.717) is 10.7 Å². The lowest BCUT2D eigenvalue weighted by Gasteiger charge is -2.24. The van der Waals surface area contributed by atoms with E-state index in [9.17, 15) is 4.79 Å². The number of carbonyl (C=O) groups is 1. The number of benzene rings is 1. The molecule has 1 saturated heterocycles. The Balaban J connectivity index is 2.12. The van der Waals surface area contributed by atoms with Crippen LogP contribution < -0.4 is 10.6 Å². The molecule has 0 atom stereocenters. The number of hydrogen-bond donors (Lipinski definition) is 1. The van der Waals surface area contributed by atoms with Gasteiger partial charge < -0.3 is 15.5 Å². The molecule has 1 fully saturated rings. The average molecular weight is 268 g/mol. The Hall–Kier alpha value is -1.42. The van der Waals surface area contributed by atoms with Crippen molar-refractivity contribution in [3.63, 3.8) is 0 Å². The predicted octanol–water partition coefficient (Wildman–Crippen LogP) is 1.98. The zero-order valence-electron chi connectivity index (χ0n) is 10.5. The monoisotopic (exact) mass is 267 g/mol. The number of rotatable bonds is 1. The number of halogens is 1. The summed E-state index contributed by atoms with van der Waals surface area (Å²) in [6.07, 6.45) is 0.960. The molecule has 1 aromatic rings. The van der Waals surface area contributed by atoms with Gasteiger partial charge in [0.1, 0.15) is 0 Å². The fourth-order valence-electron chi connectivity index (χ4n) is 2.29. The highest BCUT2D eigenvalue weighted by Crippen LogP contribution is 2.27. The lowest BCUT2D eigenvalue weighted by Crippen LogP contribution is -2.33. The molecule has 4 nitrogen and oxygen atoms in total. The van der Waals surface area contributed by atoms with Gasteiger partial charge in [0.25, 0.3) is 0 Å². The largest absolute Gasteiger partial charge is 0.397 e. The van der Waals surface area contributed by atoms with Crippen LogP contribution in [0.4, 0.5) is 11.4 Å². The third-order valence-corrected chi connectivity index (χ3v) is 3.51. The number of amides is 1. The van der Waals surface area contributed by atoms with Crippen LogP contribution in [-0.4, -0.2) is 37.0 Å². The van der Waals surface area contributed by atoms with Crippen LogP contribution in [-0.2, 0) is 4.79 Å². The first kappa shape index (κ1) is 13.0. The molecule has 18 heavy (non-hydrogen) atoms. The van der Waals surface area contributed by atoms with Crippen LogP contribution in [0.25, 0.3) is 0 Å². The molecule has 1 aromatic carbocycles. The number of nitrogens with zero attached hydrogens (tertiary/aromatic N) is 2. The molecule has 1 heterocycles. The number of nitrogens with two attached hydrogens (primary N) is 1. The smallest absolute Gasteiger partial charge is 0.219 e. The summed E-state index contributed by atoms with van der Waals surface area (Å²) in [4.78, 5) is 15.5. The van der Waals surface area contributed by atoms with E-state index in [4.69, 9.17) is 17.3 Å². The van der Waals surface area contributed by atoms with Crippen LogP contribution >= 0.6 is 11.6 Å². The highest BCUT2D eigenvalue weighted by Gasteiger charge is 2.17. The molecule has 0 spiro atoms. The number of hydrogen-bond acceptors (Lipinski definition) is 3. The zero-order valence-corrected chi connectivity index (χ0v) is 11.3. The minimum absolute atomic E-state index is 0.140. The molecule has 1 aliphatic rings. The van der Waals surface area contributed by atoms with Crippen LogP contribution in [0.3, 0.4) is 0 Å². The maximum absolute atomic E-state index is 11.4. The van der Waals surface area contributed by atoms with E-state index in [-0.39, 0.29) is 5.91 Å². The van der Waals surface area contributed by atoms with Crippen LogP contribution in [0, 0.1) is 0 Å². The van der Waals surface area contributed by atoms with Crippen molar-refractivity contribution < 1.29 is 4.79 Å². The van der Waals surface area contributed by atoms with E-state index in [1.54, 1.807) is 13.0 Å². The Morgan fingerprint density at radius 2 is 2.06 bits per heavy atom. The topological polar surface area (TPSA) is 49.6 Å². The fourth-order valence-corrected chi connectivity index (χ4v) is 2.47. The SMILES string of the molecule is CC(=O)N1CCCN(c2ccc(Cl)cc2N)CC1. The second kappa shape index (κ2) is 5.48. The van der Waals surface area contributed by atoms with Gasteiger partial charge in [0.05, 0.1) is 11.4 Å². The standard InChI is InChI=1S/C13H18ClN3O/c1-10(18)16-5-2-6-17(8-7-16)13-4-3-11(14)9-12(13)15/h3-4,9H,2,5-8,15H2,1H3. The molecule has 2 N–H and O–H groups in total. The van der Waals surface area contributed by atoms with Gasteiger partial charge in [-0.15, -0.1) is 0 Å². The van der Waals surface area contributed by atoms with E-state index in [1.165, 1.54) is 0 Å². The summed E-state index contributed by atoms with van der Waals surface area (Å²) >= 11 is 5.90. The number of anilines is 2. The molecule has 5 heteroatoms. The van der Waals surface area contributed by atoms with Gasteiger partial charge in [-0.25, -0.2) is 0 Å². The predicted molar refractivity (Wildman–Crippen MR) is 74.9 cm³/mol. The molecule has 1 amide bonds. The first-order valence-corrected chi connectivity index (χ1v) is 6.51. The lowest BCUT2D eigenvalue weighted by molar-refractivity contribution is -0.128. The molecule has 2 rings (SSSR count). The molecular formula is C13H18ClN3O. The molecule has 0 saturated carbocycles. The van der Waals surface area contributed by atoms with Crippen molar-refractivity contribution in [3.8, 4) is 0 Å². The van der Waals surface area contributed by atoms with Gasteiger partial charge in [-0.05, 0) is 24.6 Å². The maximum atomic E-state index is 11.4.